The molecule has 0 bridgehead atoms. The number of fused-ring (bicyclic) bond motifs is 3. The standard InChI is InChI=1S/C23H24ClN9/c1-15(8-25)30-9-17-7-18(24)3-4-19(17)33-20(10-30)28-29-22(33)32-13-23(14-32)11-31(12-23)21-16(2)26-5-6-27-21/h3-7,15H,9-14H2,1-2H3. The molecule has 0 saturated carbocycles. The van der Waals surface area contributed by atoms with Crippen molar-refractivity contribution in [3.8, 4) is 11.8 Å². The van der Waals surface area contributed by atoms with Gasteiger partial charge in [-0.3, -0.25) is 14.5 Å². The minimum atomic E-state index is -0.235. The summed E-state index contributed by atoms with van der Waals surface area (Å²) in [7, 11) is 0. The molecule has 1 spiro atoms. The first-order valence-corrected chi connectivity index (χ1v) is 11.5. The Morgan fingerprint density at radius 3 is 2.58 bits per heavy atom. The number of hydrogen-bond acceptors (Lipinski definition) is 8. The number of halogens is 1. The van der Waals surface area contributed by atoms with Crippen molar-refractivity contribution in [1.29, 1.82) is 5.26 Å². The van der Waals surface area contributed by atoms with Crippen LogP contribution in [-0.4, -0.2) is 61.9 Å². The molecule has 3 aliphatic heterocycles. The van der Waals surface area contributed by atoms with Gasteiger partial charge in [-0.1, -0.05) is 11.6 Å². The lowest BCUT2D eigenvalue weighted by molar-refractivity contribution is 0.153. The Balaban J connectivity index is 1.26. The third-order valence-corrected chi connectivity index (χ3v) is 7.23. The maximum Gasteiger partial charge on any atom is 0.231 e. The van der Waals surface area contributed by atoms with Crippen LogP contribution in [0.1, 0.15) is 24.0 Å². The zero-order valence-electron chi connectivity index (χ0n) is 18.6. The first-order valence-electron chi connectivity index (χ1n) is 11.1. The first-order chi connectivity index (χ1) is 16.0. The number of aryl methyl sites for hydroxylation is 1. The van der Waals surface area contributed by atoms with Crippen LogP contribution in [0, 0.1) is 23.7 Å². The van der Waals surface area contributed by atoms with Crippen LogP contribution in [-0.2, 0) is 13.1 Å². The molecule has 3 aromatic rings. The molecule has 2 fully saturated rings. The topological polar surface area (TPSA) is 90.0 Å². The summed E-state index contributed by atoms with van der Waals surface area (Å²) in [5, 5.41) is 19.3. The van der Waals surface area contributed by atoms with Crippen molar-refractivity contribution in [2.45, 2.75) is 33.0 Å². The first kappa shape index (κ1) is 20.4. The van der Waals surface area contributed by atoms with Gasteiger partial charge in [0.15, 0.2) is 5.82 Å². The molecule has 10 heteroatoms. The highest BCUT2D eigenvalue weighted by Gasteiger charge is 2.53. The van der Waals surface area contributed by atoms with E-state index in [1.165, 1.54) is 0 Å². The minimum absolute atomic E-state index is 0.235. The highest BCUT2D eigenvalue weighted by molar-refractivity contribution is 6.30. The Bertz CT molecular complexity index is 1270. The molecular formula is C23H24ClN9. The van der Waals surface area contributed by atoms with Crippen molar-refractivity contribution in [1.82, 2.24) is 29.6 Å². The number of benzene rings is 1. The number of nitriles is 1. The Morgan fingerprint density at radius 1 is 1.06 bits per heavy atom. The van der Waals surface area contributed by atoms with Crippen LogP contribution in [0.3, 0.4) is 0 Å². The summed E-state index contributed by atoms with van der Waals surface area (Å²) < 4.78 is 2.14. The van der Waals surface area contributed by atoms with Crippen LogP contribution in [0.15, 0.2) is 30.6 Å². The largest absolute Gasteiger partial charge is 0.354 e. The molecule has 3 aliphatic rings. The van der Waals surface area contributed by atoms with Crippen molar-refractivity contribution in [3.63, 3.8) is 0 Å². The van der Waals surface area contributed by atoms with Crippen molar-refractivity contribution in [2.75, 3.05) is 36.0 Å². The summed E-state index contributed by atoms with van der Waals surface area (Å²) in [5.41, 5.74) is 3.34. The average Bonchev–Trinajstić information content (AvgIpc) is 3.07. The molecule has 0 amide bonds. The molecule has 1 aromatic carbocycles. The van der Waals surface area contributed by atoms with Gasteiger partial charge in [0, 0.05) is 55.6 Å². The van der Waals surface area contributed by atoms with Gasteiger partial charge in [0.1, 0.15) is 5.82 Å². The van der Waals surface area contributed by atoms with Crippen molar-refractivity contribution < 1.29 is 0 Å². The van der Waals surface area contributed by atoms with E-state index in [4.69, 9.17) is 11.6 Å². The molecule has 2 saturated heterocycles. The van der Waals surface area contributed by atoms with E-state index in [0.717, 1.165) is 60.7 Å². The van der Waals surface area contributed by atoms with Gasteiger partial charge in [-0.25, -0.2) is 4.98 Å². The van der Waals surface area contributed by atoms with Crippen molar-refractivity contribution >= 4 is 23.4 Å². The SMILES string of the molecule is Cc1nccnc1N1CC2(C1)CN(c1nnc3n1-c1ccc(Cl)cc1CN(C(C)C#N)C3)C2. The van der Waals surface area contributed by atoms with Gasteiger partial charge in [0.2, 0.25) is 5.95 Å². The van der Waals surface area contributed by atoms with Gasteiger partial charge in [0.05, 0.1) is 30.0 Å². The molecule has 5 heterocycles. The summed E-state index contributed by atoms with van der Waals surface area (Å²) in [6.45, 7) is 8.94. The Kier molecular flexibility index (Phi) is 4.57. The molecular weight excluding hydrogens is 438 g/mol. The molecule has 1 atom stereocenters. The minimum Gasteiger partial charge on any atom is -0.354 e. The highest BCUT2D eigenvalue weighted by Crippen LogP contribution is 2.44. The summed E-state index contributed by atoms with van der Waals surface area (Å²) in [4.78, 5) is 15.6. The number of aromatic nitrogens is 5. The van der Waals surface area contributed by atoms with E-state index in [0.29, 0.717) is 18.1 Å². The third-order valence-electron chi connectivity index (χ3n) is 6.99. The van der Waals surface area contributed by atoms with Crippen LogP contribution in [0.2, 0.25) is 5.02 Å². The van der Waals surface area contributed by atoms with Crippen molar-refractivity contribution in [2.24, 2.45) is 5.41 Å². The van der Waals surface area contributed by atoms with Crippen LogP contribution in [0.5, 0.6) is 0 Å². The number of anilines is 2. The van der Waals surface area contributed by atoms with Crippen LogP contribution < -0.4 is 9.80 Å². The van der Waals surface area contributed by atoms with Gasteiger partial charge >= 0.3 is 0 Å². The Hall–Kier alpha value is -3.22. The average molecular weight is 462 g/mol. The molecule has 0 N–H and O–H groups in total. The summed E-state index contributed by atoms with van der Waals surface area (Å²) in [6, 6.07) is 8.04. The van der Waals surface area contributed by atoms with E-state index in [1.807, 2.05) is 32.0 Å². The zero-order valence-corrected chi connectivity index (χ0v) is 19.4. The Morgan fingerprint density at radius 2 is 1.82 bits per heavy atom. The molecule has 0 aliphatic carbocycles. The zero-order chi connectivity index (χ0) is 22.7. The second kappa shape index (κ2) is 7.40. The molecule has 9 nitrogen and oxygen atoms in total. The summed E-state index contributed by atoms with van der Waals surface area (Å²) in [5.74, 6) is 2.69. The van der Waals surface area contributed by atoms with Gasteiger partial charge in [0.25, 0.3) is 0 Å². The fourth-order valence-electron chi connectivity index (χ4n) is 5.30. The summed E-state index contributed by atoms with van der Waals surface area (Å²) in [6.07, 6.45) is 3.49. The molecule has 2 aromatic heterocycles. The number of rotatable bonds is 3. The molecule has 0 radical (unpaired) electrons. The molecule has 33 heavy (non-hydrogen) atoms. The fraction of sp³-hybridized carbons (Fsp3) is 0.435. The number of hydrogen-bond donors (Lipinski definition) is 0. The van der Waals surface area contributed by atoms with E-state index >= 15 is 0 Å². The lowest BCUT2D eigenvalue weighted by Crippen LogP contribution is -2.73. The predicted octanol–water partition coefficient (Wildman–Crippen LogP) is 2.57. The van der Waals surface area contributed by atoms with E-state index in [1.54, 1.807) is 12.4 Å². The van der Waals surface area contributed by atoms with E-state index in [-0.39, 0.29) is 11.5 Å². The highest BCUT2D eigenvalue weighted by atomic mass is 35.5. The van der Waals surface area contributed by atoms with Crippen LogP contribution in [0.4, 0.5) is 11.8 Å². The molecule has 1 unspecified atom stereocenters. The lowest BCUT2D eigenvalue weighted by Gasteiger charge is -2.60. The molecule has 168 valence electrons. The van der Waals surface area contributed by atoms with E-state index < -0.39 is 0 Å². The maximum atomic E-state index is 9.50. The monoisotopic (exact) mass is 461 g/mol. The maximum absolute atomic E-state index is 9.50. The smallest absolute Gasteiger partial charge is 0.231 e. The Labute approximate surface area is 197 Å². The van der Waals surface area contributed by atoms with E-state index in [2.05, 4.69) is 45.5 Å². The second-order valence-corrected chi connectivity index (χ2v) is 9.85. The molecule has 6 rings (SSSR count). The lowest BCUT2D eigenvalue weighted by atomic mass is 9.73. The van der Waals surface area contributed by atoms with Gasteiger partial charge in [-0.15, -0.1) is 10.2 Å². The van der Waals surface area contributed by atoms with Gasteiger partial charge < -0.3 is 9.80 Å². The van der Waals surface area contributed by atoms with Crippen molar-refractivity contribution in [3.05, 3.63) is 52.7 Å². The normalized spacial score (nSPS) is 19.7. The number of nitrogens with zero attached hydrogens (tertiary/aromatic N) is 9. The third kappa shape index (κ3) is 3.24. The van der Waals surface area contributed by atoms with Crippen LogP contribution in [0.25, 0.3) is 5.69 Å². The predicted molar refractivity (Wildman–Crippen MR) is 124 cm³/mol. The van der Waals surface area contributed by atoms with E-state index in [9.17, 15) is 5.26 Å². The summed E-state index contributed by atoms with van der Waals surface area (Å²) >= 11 is 6.32. The van der Waals surface area contributed by atoms with Crippen LogP contribution >= 0.6 is 11.6 Å². The fourth-order valence-corrected chi connectivity index (χ4v) is 5.50. The van der Waals surface area contributed by atoms with Gasteiger partial charge in [-0.2, -0.15) is 5.26 Å². The second-order valence-electron chi connectivity index (χ2n) is 9.41. The van der Waals surface area contributed by atoms with Gasteiger partial charge in [-0.05, 0) is 37.6 Å². The quantitative estimate of drug-likeness (QED) is 0.588.